The predicted octanol–water partition coefficient (Wildman–Crippen LogP) is 4.46. The minimum absolute atomic E-state index is 0.514. The van der Waals surface area contributed by atoms with Crippen molar-refractivity contribution in [3.05, 3.63) is 59.1 Å². The van der Waals surface area contributed by atoms with Crippen molar-refractivity contribution in [1.82, 2.24) is 0 Å². The Morgan fingerprint density at radius 2 is 1.82 bits per heavy atom. The summed E-state index contributed by atoms with van der Waals surface area (Å²) >= 11 is 6.00. The van der Waals surface area contributed by atoms with Crippen LogP contribution in [0.25, 0.3) is 11.1 Å². The SMILES string of the molecule is N#CCCc1cc(Cl)ccc1-c1ccccc1. The van der Waals surface area contributed by atoms with Gasteiger partial charge >= 0.3 is 0 Å². The number of nitrogens with zero attached hydrogens (tertiary/aromatic N) is 1. The van der Waals surface area contributed by atoms with E-state index >= 15 is 0 Å². The normalized spacial score (nSPS) is 9.88. The van der Waals surface area contributed by atoms with Gasteiger partial charge in [-0.3, -0.25) is 0 Å². The van der Waals surface area contributed by atoms with Crippen LogP contribution in [0.4, 0.5) is 0 Å². The summed E-state index contributed by atoms with van der Waals surface area (Å²) < 4.78 is 0. The van der Waals surface area contributed by atoms with Gasteiger partial charge in [0.25, 0.3) is 0 Å². The third kappa shape index (κ3) is 2.87. The lowest BCUT2D eigenvalue weighted by atomic mass is 9.97. The average Bonchev–Trinajstić information content (AvgIpc) is 2.37. The van der Waals surface area contributed by atoms with Crippen LogP contribution in [0.1, 0.15) is 12.0 Å². The van der Waals surface area contributed by atoms with Gasteiger partial charge in [0.2, 0.25) is 0 Å². The predicted molar refractivity (Wildman–Crippen MR) is 70.8 cm³/mol. The number of hydrogen-bond acceptors (Lipinski definition) is 1. The van der Waals surface area contributed by atoms with Crippen molar-refractivity contribution in [3.63, 3.8) is 0 Å². The molecule has 2 aromatic rings. The molecule has 0 heterocycles. The van der Waals surface area contributed by atoms with Gasteiger partial charge in [0, 0.05) is 11.4 Å². The molecule has 0 radical (unpaired) electrons. The minimum Gasteiger partial charge on any atom is -0.198 e. The van der Waals surface area contributed by atoms with Gasteiger partial charge in [-0.25, -0.2) is 0 Å². The highest BCUT2D eigenvalue weighted by Gasteiger charge is 2.05. The van der Waals surface area contributed by atoms with Crippen molar-refractivity contribution in [1.29, 1.82) is 5.26 Å². The number of aryl methyl sites for hydroxylation is 1. The Hall–Kier alpha value is -1.78. The monoisotopic (exact) mass is 241 g/mol. The van der Waals surface area contributed by atoms with Gasteiger partial charge in [0.1, 0.15) is 0 Å². The Balaban J connectivity index is 2.43. The van der Waals surface area contributed by atoms with Crippen LogP contribution in [0.3, 0.4) is 0 Å². The highest BCUT2D eigenvalue weighted by atomic mass is 35.5. The fraction of sp³-hybridized carbons (Fsp3) is 0.133. The molecule has 2 heteroatoms. The second-order valence-corrected chi connectivity index (χ2v) is 4.26. The van der Waals surface area contributed by atoms with Crippen molar-refractivity contribution in [3.8, 4) is 17.2 Å². The van der Waals surface area contributed by atoms with Crippen LogP contribution in [-0.2, 0) is 6.42 Å². The molecular formula is C15H12ClN. The van der Waals surface area contributed by atoms with E-state index < -0.39 is 0 Å². The number of benzene rings is 2. The fourth-order valence-electron chi connectivity index (χ4n) is 1.86. The molecule has 0 saturated heterocycles. The Labute approximate surface area is 106 Å². The summed E-state index contributed by atoms with van der Waals surface area (Å²) in [5.74, 6) is 0. The summed E-state index contributed by atoms with van der Waals surface area (Å²) in [6.07, 6.45) is 1.25. The van der Waals surface area contributed by atoms with E-state index in [1.807, 2.05) is 36.4 Å². The molecule has 0 aliphatic rings. The zero-order valence-electron chi connectivity index (χ0n) is 9.36. The van der Waals surface area contributed by atoms with E-state index in [1.165, 1.54) is 0 Å². The molecule has 0 N–H and O–H groups in total. The summed E-state index contributed by atoms with van der Waals surface area (Å²) in [7, 11) is 0. The van der Waals surface area contributed by atoms with Gasteiger partial charge in [-0.15, -0.1) is 0 Å². The molecule has 2 rings (SSSR count). The van der Waals surface area contributed by atoms with Crippen molar-refractivity contribution >= 4 is 11.6 Å². The van der Waals surface area contributed by atoms with Crippen LogP contribution in [0.2, 0.25) is 5.02 Å². The second-order valence-electron chi connectivity index (χ2n) is 3.83. The van der Waals surface area contributed by atoms with Gasteiger partial charge in [-0.05, 0) is 35.2 Å². The average molecular weight is 242 g/mol. The lowest BCUT2D eigenvalue weighted by Gasteiger charge is -2.09. The minimum atomic E-state index is 0.514. The van der Waals surface area contributed by atoms with Crippen molar-refractivity contribution in [2.75, 3.05) is 0 Å². The summed E-state index contributed by atoms with van der Waals surface area (Å²) in [4.78, 5) is 0. The first kappa shape index (κ1) is 11.7. The van der Waals surface area contributed by atoms with E-state index in [9.17, 15) is 0 Å². The van der Waals surface area contributed by atoms with E-state index in [0.29, 0.717) is 6.42 Å². The molecule has 0 atom stereocenters. The molecule has 84 valence electrons. The molecule has 0 bridgehead atoms. The maximum Gasteiger partial charge on any atom is 0.0625 e. The molecule has 0 aromatic heterocycles. The summed E-state index contributed by atoms with van der Waals surface area (Å²) in [5.41, 5.74) is 3.45. The second kappa shape index (κ2) is 5.52. The molecule has 0 aliphatic carbocycles. The fourth-order valence-corrected chi connectivity index (χ4v) is 2.05. The van der Waals surface area contributed by atoms with Crippen LogP contribution in [0, 0.1) is 11.3 Å². The highest BCUT2D eigenvalue weighted by Crippen LogP contribution is 2.27. The maximum atomic E-state index is 8.68. The summed E-state index contributed by atoms with van der Waals surface area (Å²) in [6, 6.07) is 18.2. The summed E-state index contributed by atoms with van der Waals surface area (Å²) in [5, 5.41) is 9.40. The molecule has 1 nitrogen and oxygen atoms in total. The highest BCUT2D eigenvalue weighted by molar-refractivity contribution is 6.30. The third-order valence-electron chi connectivity index (χ3n) is 2.66. The van der Waals surface area contributed by atoms with Crippen LogP contribution >= 0.6 is 11.6 Å². The van der Waals surface area contributed by atoms with Crippen LogP contribution in [0.5, 0.6) is 0 Å². The Morgan fingerprint density at radius 1 is 1.06 bits per heavy atom. The molecule has 17 heavy (non-hydrogen) atoms. The molecule has 2 aromatic carbocycles. The number of hydrogen-bond donors (Lipinski definition) is 0. The van der Waals surface area contributed by atoms with E-state index in [-0.39, 0.29) is 0 Å². The standard InChI is InChI=1S/C15H12ClN/c16-14-8-9-15(12-5-2-1-3-6-12)13(11-14)7-4-10-17/h1-3,5-6,8-9,11H,4,7H2. The first-order valence-corrected chi connectivity index (χ1v) is 5.90. The number of rotatable bonds is 3. The van der Waals surface area contributed by atoms with Gasteiger partial charge in [0.15, 0.2) is 0 Å². The van der Waals surface area contributed by atoms with Crippen LogP contribution in [0.15, 0.2) is 48.5 Å². The number of halogens is 1. The lowest BCUT2D eigenvalue weighted by Crippen LogP contribution is -1.89. The van der Waals surface area contributed by atoms with Crippen LogP contribution in [-0.4, -0.2) is 0 Å². The smallest absolute Gasteiger partial charge is 0.0625 e. The Bertz CT molecular complexity index is 541. The molecular weight excluding hydrogens is 230 g/mol. The topological polar surface area (TPSA) is 23.8 Å². The van der Waals surface area contributed by atoms with E-state index in [4.69, 9.17) is 16.9 Å². The third-order valence-corrected chi connectivity index (χ3v) is 2.89. The largest absolute Gasteiger partial charge is 0.198 e. The Morgan fingerprint density at radius 3 is 2.53 bits per heavy atom. The van der Waals surface area contributed by atoms with Crippen molar-refractivity contribution < 1.29 is 0 Å². The van der Waals surface area contributed by atoms with Crippen LogP contribution < -0.4 is 0 Å². The van der Waals surface area contributed by atoms with Gasteiger partial charge < -0.3 is 0 Å². The lowest BCUT2D eigenvalue weighted by molar-refractivity contribution is 1.01. The van der Waals surface area contributed by atoms with E-state index in [2.05, 4.69) is 18.2 Å². The molecule has 0 amide bonds. The van der Waals surface area contributed by atoms with Crippen molar-refractivity contribution in [2.24, 2.45) is 0 Å². The molecule has 0 saturated carbocycles. The zero-order valence-corrected chi connectivity index (χ0v) is 10.1. The number of nitriles is 1. The van der Waals surface area contributed by atoms with E-state index in [1.54, 1.807) is 0 Å². The first-order valence-electron chi connectivity index (χ1n) is 5.52. The quantitative estimate of drug-likeness (QED) is 0.778. The Kier molecular flexibility index (Phi) is 3.80. The first-order chi connectivity index (χ1) is 8.31. The maximum absolute atomic E-state index is 8.68. The molecule has 0 aliphatic heterocycles. The molecule has 0 unspecified atom stereocenters. The van der Waals surface area contributed by atoms with E-state index in [0.717, 1.165) is 28.1 Å². The van der Waals surface area contributed by atoms with Gasteiger partial charge in [-0.2, -0.15) is 5.26 Å². The molecule has 0 spiro atoms. The van der Waals surface area contributed by atoms with Gasteiger partial charge in [0.05, 0.1) is 6.07 Å². The summed E-state index contributed by atoms with van der Waals surface area (Å²) in [6.45, 7) is 0. The molecule has 0 fully saturated rings. The van der Waals surface area contributed by atoms with Gasteiger partial charge in [-0.1, -0.05) is 48.0 Å². The van der Waals surface area contributed by atoms with Crippen molar-refractivity contribution in [2.45, 2.75) is 12.8 Å². The zero-order chi connectivity index (χ0) is 12.1.